The van der Waals surface area contributed by atoms with Gasteiger partial charge >= 0.3 is 11.9 Å². The minimum atomic E-state index is -0.955. The summed E-state index contributed by atoms with van der Waals surface area (Å²) in [5.41, 5.74) is 2.93. The average molecular weight is 284 g/mol. The van der Waals surface area contributed by atoms with Crippen LogP contribution in [0, 0.1) is 0 Å². The van der Waals surface area contributed by atoms with E-state index in [0.717, 1.165) is 16.7 Å². The van der Waals surface area contributed by atoms with E-state index in [9.17, 15) is 9.59 Å². The van der Waals surface area contributed by atoms with Crippen molar-refractivity contribution in [2.45, 2.75) is 19.3 Å². The number of carboxylic acids is 2. The third kappa shape index (κ3) is 3.69. The third-order valence-corrected chi connectivity index (χ3v) is 3.40. The molecule has 1 unspecified atom stereocenters. The van der Waals surface area contributed by atoms with Gasteiger partial charge in [0.15, 0.2) is 0 Å². The first-order valence-electron chi connectivity index (χ1n) is 6.63. The van der Waals surface area contributed by atoms with E-state index in [2.05, 4.69) is 0 Å². The summed E-state index contributed by atoms with van der Waals surface area (Å²) in [7, 11) is 0. The molecule has 0 aliphatic heterocycles. The quantitative estimate of drug-likeness (QED) is 0.879. The molecule has 0 aliphatic carbocycles. The average Bonchev–Trinajstić information content (AvgIpc) is 2.47. The Hall–Kier alpha value is -2.62. The van der Waals surface area contributed by atoms with Crippen LogP contribution in [0.4, 0.5) is 0 Å². The van der Waals surface area contributed by atoms with E-state index in [1.807, 2.05) is 37.3 Å². The lowest BCUT2D eigenvalue weighted by molar-refractivity contribution is -0.137. The molecule has 21 heavy (non-hydrogen) atoms. The second-order valence-corrected chi connectivity index (χ2v) is 5.01. The van der Waals surface area contributed by atoms with Crippen LogP contribution in [0.15, 0.2) is 48.5 Å². The smallest absolute Gasteiger partial charge is 0.335 e. The van der Waals surface area contributed by atoms with E-state index in [1.165, 1.54) is 0 Å². The molecule has 0 heterocycles. The number of benzene rings is 2. The van der Waals surface area contributed by atoms with E-state index in [0.29, 0.717) is 0 Å². The van der Waals surface area contributed by atoms with Crippen molar-refractivity contribution in [3.8, 4) is 11.1 Å². The van der Waals surface area contributed by atoms with Gasteiger partial charge in [0.1, 0.15) is 0 Å². The molecule has 2 N–H and O–H groups in total. The van der Waals surface area contributed by atoms with Crippen molar-refractivity contribution >= 4 is 11.9 Å². The molecule has 4 heteroatoms. The van der Waals surface area contributed by atoms with Crippen molar-refractivity contribution in [1.29, 1.82) is 0 Å². The maximum Gasteiger partial charge on any atom is 0.335 e. The molecule has 0 saturated heterocycles. The molecule has 0 spiro atoms. The number of aromatic carboxylic acids is 1. The fourth-order valence-corrected chi connectivity index (χ4v) is 2.22. The second kappa shape index (κ2) is 6.22. The van der Waals surface area contributed by atoms with Gasteiger partial charge in [-0.25, -0.2) is 4.79 Å². The summed E-state index contributed by atoms with van der Waals surface area (Å²) in [5, 5.41) is 17.8. The Morgan fingerprint density at radius 1 is 1.00 bits per heavy atom. The van der Waals surface area contributed by atoms with E-state index in [-0.39, 0.29) is 17.9 Å². The number of carboxylic acid groups (broad SMARTS) is 2. The van der Waals surface area contributed by atoms with Crippen molar-refractivity contribution in [2.75, 3.05) is 0 Å². The maximum atomic E-state index is 11.0. The van der Waals surface area contributed by atoms with E-state index in [4.69, 9.17) is 10.2 Å². The Labute approximate surface area is 122 Å². The van der Waals surface area contributed by atoms with Gasteiger partial charge in [0.05, 0.1) is 12.0 Å². The van der Waals surface area contributed by atoms with Crippen molar-refractivity contribution in [1.82, 2.24) is 0 Å². The minimum Gasteiger partial charge on any atom is -0.481 e. The molecule has 1 atom stereocenters. The van der Waals surface area contributed by atoms with Gasteiger partial charge in [-0.2, -0.15) is 0 Å². The lowest BCUT2D eigenvalue weighted by Gasteiger charge is -2.10. The highest BCUT2D eigenvalue weighted by Gasteiger charge is 2.10. The molecule has 2 aromatic rings. The maximum absolute atomic E-state index is 11.0. The lowest BCUT2D eigenvalue weighted by Crippen LogP contribution is -2.02. The lowest BCUT2D eigenvalue weighted by atomic mass is 9.95. The van der Waals surface area contributed by atoms with Gasteiger partial charge in [0.2, 0.25) is 0 Å². The number of carbonyl (C=O) groups is 2. The fourth-order valence-electron chi connectivity index (χ4n) is 2.22. The largest absolute Gasteiger partial charge is 0.481 e. The SMILES string of the molecule is CC(CC(=O)O)c1ccc(-c2cccc(C(=O)O)c2)cc1. The molecular weight excluding hydrogens is 268 g/mol. The Morgan fingerprint density at radius 3 is 2.24 bits per heavy atom. The second-order valence-electron chi connectivity index (χ2n) is 5.01. The molecule has 0 aromatic heterocycles. The van der Waals surface area contributed by atoms with Crippen LogP contribution in [0.3, 0.4) is 0 Å². The van der Waals surface area contributed by atoms with Crippen molar-refractivity contribution in [3.05, 3.63) is 59.7 Å². The van der Waals surface area contributed by atoms with Crippen LogP contribution in [-0.2, 0) is 4.79 Å². The van der Waals surface area contributed by atoms with Gasteiger partial charge < -0.3 is 10.2 Å². The van der Waals surface area contributed by atoms with Gasteiger partial charge in [-0.15, -0.1) is 0 Å². The first-order chi connectivity index (χ1) is 9.97. The normalized spacial score (nSPS) is 11.9. The Morgan fingerprint density at radius 2 is 1.67 bits per heavy atom. The summed E-state index contributed by atoms with van der Waals surface area (Å²) in [6.45, 7) is 1.87. The van der Waals surface area contributed by atoms with Gasteiger partial charge in [-0.05, 0) is 34.7 Å². The number of hydrogen-bond acceptors (Lipinski definition) is 2. The van der Waals surface area contributed by atoms with Crippen molar-refractivity contribution in [3.63, 3.8) is 0 Å². The molecule has 2 aromatic carbocycles. The van der Waals surface area contributed by atoms with Crippen LogP contribution in [0.25, 0.3) is 11.1 Å². The summed E-state index contributed by atoms with van der Waals surface area (Å²) in [6.07, 6.45) is 0.0911. The summed E-state index contributed by atoms with van der Waals surface area (Å²) in [4.78, 5) is 21.7. The number of hydrogen-bond donors (Lipinski definition) is 2. The van der Waals surface area contributed by atoms with Crippen LogP contribution in [0.2, 0.25) is 0 Å². The van der Waals surface area contributed by atoms with Crippen LogP contribution in [-0.4, -0.2) is 22.2 Å². The Kier molecular flexibility index (Phi) is 4.38. The Balaban J connectivity index is 2.24. The predicted molar refractivity (Wildman–Crippen MR) is 79.5 cm³/mol. The minimum absolute atomic E-state index is 0.0538. The topological polar surface area (TPSA) is 74.6 Å². The molecule has 108 valence electrons. The zero-order valence-corrected chi connectivity index (χ0v) is 11.6. The van der Waals surface area contributed by atoms with Crippen LogP contribution >= 0.6 is 0 Å². The molecule has 0 aliphatic rings. The molecule has 0 radical (unpaired) electrons. The van der Waals surface area contributed by atoms with Gasteiger partial charge in [0.25, 0.3) is 0 Å². The van der Waals surface area contributed by atoms with Crippen LogP contribution in [0.5, 0.6) is 0 Å². The number of rotatable bonds is 5. The molecule has 0 saturated carbocycles. The van der Waals surface area contributed by atoms with E-state index >= 15 is 0 Å². The van der Waals surface area contributed by atoms with Gasteiger partial charge in [0, 0.05) is 0 Å². The molecule has 0 amide bonds. The zero-order chi connectivity index (χ0) is 15.4. The van der Waals surface area contributed by atoms with Crippen LogP contribution < -0.4 is 0 Å². The molecular formula is C17H16O4. The van der Waals surface area contributed by atoms with Gasteiger partial charge in [-0.3, -0.25) is 4.79 Å². The summed E-state index contributed by atoms with van der Waals surface area (Å²) < 4.78 is 0. The fraction of sp³-hybridized carbons (Fsp3) is 0.176. The highest BCUT2D eigenvalue weighted by Crippen LogP contribution is 2.25. The third-order valence-electron chi connectivity index (χ3n) is 3.40. The predicted octanol–water partition coefficient (Wildman–Crippen LogP) is 3.63. The highest BCUT2D eigenvalue weighted by molar-refractivity contribution is 5.89. The summed E-state index contributed by atoms with van der Waals surface area (Å²) in [5.74, 6) is -1.83. The monoisotopic (exact) mass is 284 g/mol. The Bertz CT molecular complexity index is 659. The van der Waals surface area contributed by atoms with E-state index in [1.54, 1.807) is 18.2 Å². The molecule has 0 bridgehead atoms. The number of aliphatic carboxylic acids is 1. The molecule has 4 nitrogen and oxygen atoms in total. The zero-order valence-electron chi connectivity index (χ0n) is 11.6. The standard InChI is InChI=1S/C17H16O4/c1-11(9-16(18)19)12-5-7-13(8-6-12)14-3-2-4-15(10-14)17(20)21/h2-8,10-11H,9H2,1H3,(H,18,19)(H,20,21). The van der Waals surface area contributed by atoms with Gasteiger partial charge in [-0.1, -0.05) is 43.3 Å². The highest BCUT2D eigenvalue weighted by atomic mass is 16.4. The first-order valence-corrected chi connectivity index (χ1v) is 6.63. The summed E-state index contributed by atoms with van der Waals surface area (Å²) >= 11 is 0. The summed E-state index contributed by atoms with van der Waals surface area (Å²) in [6, 6.07) is 14.3. The molecule has 0 fully saturated rings. The van der Waals surface area contributed by atoms with Crippen molar-refractivity contribution < 1.29 is 19.8 Å². The van der Waals surface area contributed by atoms with Crippen LogP contribution in [0.1, 0.15) is 35.2 Å². The molecule has 2 rings (SSSR count). The van der Waals surface area contributed by atoms with Crippen molar-refractivity contribution in [2.24, 2.45) is 0 Å². The van der Waals surface area contributed by atoms with E-state index < -0.39 is 11.9 Å². The first kappa shape index (κ1) is 14.8.